The van der Waals surface area contributed by atoms with Gasteiger partial charge in [0.2, 0.25) is 0 Å². The summed E-state index contributed by atoms with van der Waals surface area (Å²) in [6.45, 7) is 8.97. The number of aliphatic hydroxyl groups is 1. The van der Waals surface area contributed by atoms with Crippen molar-refractivity contribution in [2.75, 3.05) is 13.1 Å². The number of piperidine rings is 1. The highest BCUT2D eigenvalue weighted by molar-refractivity contribution is 5.96. The highest BCUT2D eigenvalue weighted by Gasteiger charge is 2.28. The lowest BCUT2D eigenvalue weighted by Gasteiger charge is -2.33. The summed E-state index contributed by atoms with van der Waals surface area (Å²) in [6.07, 6.45) is 1.40. The van der Waals surface area contributed by atoms with Crippen molar-refractivity contribution in [1.82, 2.24) is 14.6 Å². The number of carbonyl (C=O) groups excluding carboxylic acids is 1. The van der Waals surface area contributed by atoms with Crippen molar-refractivity contribution in [2.45, 2.75) is 46.6 Å². The van der Waals surface area contributed by atoms with E-state index in [0.717, 1.165) is 30.0 Å². The molecule has 0 saturated carbocycles. The third-order valence-electron chi connectivity index (χ3n) is 5.02. The van der Waals surface area contributed by atoms with E-state index in [-0.39, 0.29) is 12.0 Å². The third kappa shape index (κ3) is 2.98. The second-order valence-corrected chi connectivity index (χ2v) is 6.79. The standard InChI is InChI=1S/C18H25N3O3/c1-11-9-16(13(3)21(11)17-10-12(2)24-19-17)18(23)20-7-5-15(6-8-20)14(4)22/h9-10,14-15,22H,5-8H2,1-4H3. The Labute approximate surface area is 142 Å². The van der Waals surface area contributed by atoms with Crippen LogP contribution in [0.4, 0.5) is 0 Å². The van der Waals surface area contributed by atoms with E-state index >= 15 is 0 Å². The van der Waals surface area contributed by atoms with E-state index in [1.54, 1.807) is 0 Å². The van der Waals surface area contributed by atoms with Gasteiger partial charge in [0.25, 0.3) is 5.91 Å². The fraction of sp³-hybridized carbons (Fsp3) is 0.556. The number of hydrogen-bond donors (Lipinski definition) is 1. The van der Waals surface area contributed by atoms with Gasteiger partial charge in [-0.3, -0.25) is 9.36 Å². The zero-order valence-corrected chi connectivity index (χ0v) is 14.7. The van der Waals surface area contributed by atoms with Gasteiger partial charge in [-0.15, -0.1) is 0 Å². The Morgan fingerprint density at radius 3 is 2.50 bits per heavy atom. The summed E-state index contributed by atoms with van der Waals surface area (Å²) in [6, 6.07) is 3.78. The topological polar surface area (TPSA) is 71.5 Å². The molecule has 1 N–H and O–H groups in total. The quantitative estimate of drug-likeness (QED) is 0.938. The van der Waals surface area contributed by atoms with E-state index in [0.29, 0.717) is 30.4 Å². The number of carbonyl (C=O) groups is 1. The van der Waals surface area contributed by atoms with Gasteiger partial charge in [0.1, 0.15) is 5.76 Å². The molecule has 0 aromatic carbocycles. The van der Waals surface area contributed by atoms with Crippen LogP contribution >= 0.6 is 0 Å². The molecule has 1 fully saturated rings. The van der Waals surface area contributed by atoms with Crippen molar-refractivity contribution in [3.63, 3.8) is 0 Å². The minimum Gasteiger partial charge on any atom is -0.393 e. The van der Waals surface area contributed by atoms with Crippen molar-refractivity contribution < 1.29 is 14.4 Å². The van der Waals surface area contributed by atoms with E-state index in [1.165, 1.54) is 0 Å². The molecule has 2 aromatic rings. The summed E-state index contributed by atoms with van der Waals surface area (Å²) < 4.78 is 7.11. The van der Waals surface area contributed by atoms with E-state index in [2.05, 4.69) is 5.16 Å². The Bertz CT molecular complexity index is 737. The lowest BCUT2D eigenvalue weighted by Crippen LogP contribution is -2.40. The van der Waals surface area contributed by atoms with E-state index in [4.69, 9.17) is 4.52 Å². The zero-order valence-electron chi connectivity index (χ0n) is 14.7. The number of aryl methyl sites for hydroxylation is 2. The lowest BCUT2D eigenvalue weighted by atomic mass is 9.92. The molecule has 1 unspecified atom stereocenters. The molecule has 1 saturated heterocycles. The van der Waals surface area contributed by atoms with Crippen LogP contribution in [0.15, 0.2) is 16.7 Å². The van der Waals surface area contributed by atoms with E-state index < -0.39 is 0 Å². The van der Waals surface area contributed by atoms with Crippen LogP contribution in [0.1, 0.15) is 47.3 Å². The third-order valence-corrected chi connectivity index (χ3v) is 5.02. The van der Waals surface area contributed by atoms with Crippen LogP contribution in [-0.4, -0.2) is 44.8 Å². The second kappa shape index (κ2) is 6.43. The Morgan fingerprint density at radius 2 is 1.96 bits per heavy atom. The van der Waals surface area contributed by atoms with Crippen LogP contribution < -0.4 is 0 Å². The molecule has 2 aromatic heterocycles. The predicted molar refractivity (Wildman–Crippen MR) is 90.3 cm³/mol. The normalized spacial score (nSPS) is 17.3. The minimum atomic E-state index is -0.303. The molecule has 1 aliphatic heterocycles. The first kappa shape index (κ1) is 16.8. The van der Waals surface area contributed by atoms with Crippen molar-refractivity contribution in [3.8, 4) is 5.82 Å². The fourth-order valence-electron chi connectivity index (χ4n) is 3.55. The molecule has 6 nitrogen and oxygen atoms in total. The number of rotatable bonds is 3. The van der Waals surface area contributed by atoms with E-state index in [1.807, 2.05) is 49.3 Å². The second-order valence-electron chi connectivity index (χ2n) is 6.79. The molecule has 1 aliphatic rings. The summed E-state index contributed by atoms with van der Waals surface area (Å²) in [5, 5.41) is 13.8. The van der Waals surface area contributed by atoms with Gasteiger partial charge in [-0.05, 0) is 52.5 Å². The summed E-state index contributed by atoms with van der Waals surface area (Å²) in [5.41, 5.74) is 2.55. The van der Waals surface area contributed by atoms with Crippen molar-refractivity contribution >= 4 is 5.91 Å². The van der Waals surface area contributed by atoms with Crippen molar-refractivity contribution in [3.05, 3.63) is 34.8 Å². The average molecular weight is 331 g/mol. The average Bonchev–Trinajstić information content (AvgIpc) is 3.09. The van der Waals surface area contributed by atoms with Gasteiger partial charge in [0.05, 0.1) is 11.7 Å². The molecular weight excluding hydrogens is 306 g/mol. The molecule has 0 radical (unpaired) electrons. The monoisotopic (exact) mass is 331 g/mol. The molecule has 3 rings (SSSR count). The first-order valence-electron chi connectivity index (χ1n) is 8.48. The number of hydrogen-bond acceptors (Lipinski definition) is 4. The number of likely N-dealkylation sites (tertiary alicyclic amines) is 1. The number of aromatic nitrogens is 2. The van der Waals surface area contributed by atoms with Crippen LogP contribution in [-0.2, 0) is 0 Å². The molecule has 1 amide bonds. The van der Waals surface area contributed by atoms with Crippen LogP contribution in [0, 0.1) is 26.7 Å². The maximum atomic E-state index is 12.9. The molecule has 3 heterocycles. The van der Waals surface area contributed by atoms with Gasteiger partial charge in [-0.25, -0.2) is 0 Å². The summed E-state index contributed by atoms with van der Waals surface area (Å²) in [7, 11) is 0. The molecule has 0 spiro atoms. The number of aliphatic hydroxyl groups excluding tert-OH is 1. The van der Waals surface area contributed by atoms with Gasteiger partial charge < -0.3 is 14.5 Å². The Balaban J connectivity index is 1.82. The van der Waals surface area contributed by atoms with Crippen molar-refractivity contribution in [1.29, 1.82) is 0 Å². The largest absolute Gasteiger partial charge is 0.393 e. The van der Waals surface area contributed by atoms with Gasteiger partial charge >= 0.3 is 0 Å². The molecule has 24 heavy (non-hydrogen) atoms. The summed E-state index contributed by atoms with van der Waals surface area (Å²) in [4.78, 5) is 14.8. The summed E-state index contributed by atoms with van der Waals surface area (Å²) in [5.74, 6) is 1.79. The maximum Gasteiger partial charge on any atom is 0.255 e. The molecular formula is C18H25N3O3. The van der Waals surface area contributed by atoms with Crippen LogP contribution in [0.5, 0.6) is 0 Å². The van der Waals surface area contributed by atoms with Gasteiger partial charge in [-0.1, -0.05) is 5.16 Å². The Kier molecular flexibility index (Phi) is 4.49. The minimum absolute atomic E-state index is 0.0543. The summed E-state index contributed by atoms with van der Waals surface area (Å²) >= 11 is 0. The van der Waals surface area contributed by atoms with Crippen LogP contribution in [0.2, 0.25) is 0 Å². The molecule has 130 valence electrons. The highest BCUT2D eigenvalue weighted by atomic mass is 16.5. The molecule has 6 heteroatoms. The number of amides is 1. The van der Waals surface area contributed by atoms with Crippen molar-refractivity contribution in [2.24, 2.45) is 5.92 Å². The Hall–Kier alpha value is -2.08. The van der Waals surface area contributed by atoms with Crippen LogP contribution in [0.25, 0.3) is 5.82 Å². The Morgan fingerprint density at radius 1 is 1.29 bits per heavy atom. The highest BCUT2D eigenvalue weighted by Crippen LogP contribution is 2.25. The smallest absolute Gasteiger partial charge is 0.255 e. The lowest BCUT2D eigenvalue weighted by molar-refractivity contribution is 0.0521. The van der Waals surface area contributed by atoms with Crippen LogP contribution in [0.3, 0.4) is 0 Å². The molecule has 0 aliphatic carbocycles. The van der Waals surface area contributed by atoms with Gasteiger partial charge in [-0.2, -0.15) is 0 Å². The maximum absolute atomic E-state index is 12.9. The van der Waals surface area contributed by atoms with Gasteiger partial charge in [0.15, 0.2) is 5.82 Å². The molecule has 1 atom stereocenters. The predicted octanol–water partition coefficient (Wildman–Crippen LogP) is 2.62. The fourth-order valence-corrected chi connectivity index (χ4v) is 3.55. The molecule has 0 bridgehead atoms. The van der Waals surface area contributed by atoms with E-state index in [9.17, 15) is 9.90 Å². The van der Waals surface area contributed by atoms with Gasteiger partial charge in [0, 0.05) is 30.5 Å². The SMILES string of the molecule is Cc1cc(-n2c(C)cc(C(=O)N3CCC(C(C)O)CC3)c2C)no1. The number of nitrogens with zero attached hydrogens (tertiary/aromatic N) is 3. The zero-order chi connectivity index (χ0) is 17.4. The first-order valence-corrected chi connectivity index (χ1v) is 8.48. The first-order chi connectivity index (χ1) is 11.4.